The molecule has 1 saturated heterocycles. The lowest BCUT2D eigenvalue weighted by Crippen LogP contribution is -2.39. The summed E-state index contributed by atoms with van der Waals surface area (Å²) in [4.78, 5) is 14.7. The molecular weight excluding hydrogens is 334 g/mol. The topological polar surface area (TPSA) is 38.1 Å². The fraction of sp³-hybridized carbons (Fsp3) is 0.391. The van der Waals surface area contributed by atoms with Crippen LogP contribution in [-0.4, -0.2) is 33.7 Å². The van der Waals surface area contributed by atoms with E-state index in [1.165, 1.54) is 11.1 Å². The number of benzene rings is 2. The first-order chi connectivity index (χ1) is 13.2. The summed E-state index contributed by atoms with van der Waals surface area (Å²) < 4.78 is 1.98. The molecule has 4 nitrogen and oxygen atoms in total. The van der Waals surface area contributed by atoms with Gasteiger partial charge in [-0.3, -0.25) is 9.48 Å². The Morgan fingerprint density at radius 1 is 1.07 bits per heavy atom. The van der Waals surface area contributed by atoms with Gasteiger partial charge in [0.15, 0.2) is 0 Å². The van der Waals surface area contributed by atoms with Crippen molar-refractivity contribution < 1.29 is 4.79 Å². The molecule has 0 saturated carbocycles. The zero-order valence-electron chi connectivity index (χ0n) is 16.0. The van der Waals surface area contributed by atoms with Crippen LogP contribution in [0.15, 0.2) is 54.7 Å². The number of hydrogen-bond acceptors (Lipinski definition) is 2. The van der Waals surface area contributed by atoms with Crippen LogP contribution in [0.25, 0.3) is 10.9 Å². The number of nitrogens with zero attached hydrogens (tertiary/aromatic N) is 3. The summed E-state index contributed by atoms with van der Waals surface area (Å²) >= 11 is 0. The minimum absolute atomic E-state index is 0.255. The number of carbonyl (C=O) groups excluding carboxylic acids is 1. The quantitative estimate of drug-likeness (QED) is 0.682. The number of aryl methyl sites for hydroxylation is 2. The highest BCUT2D eigenvalue weighted by Crippen LogP contribution is 2.23. The zero-order chi connectivity index (χ0) is 18.6. The Hall–Kier alpha value is -2.62. The van der Waals surface area contributed by atoms with Gasteiger partial charge in [0, 0.05) is 24.9 Å². The Kier molecular flexibility index (Phi) is 5.23. The maximum Gasteiger partial charge on any atom is 0.224 e. The van der Waals surface area contributed by atoms with E-state index in [1.54, 1.807) is 0 Å². The van der Waals surface area contributed by atoms with Gasteiger partial charge in [-0.1, -0.05) is 48.5 Å². The minimum Gasteiger partial charge on any atom is -0.343 e. The molecule has 0 radical (unpaired) electrons. The van der Waals surface area contributed by atoms with Gasteiger partial charge in [-0.05, 0) is 43.2 Å². The SMILES string of the molecule is Cc1cccc2cnn(CCC(=O)N3CCC(Cc4ccccc4)CC3)c12. The molecule has 4 heteroatoms. The predicted octanol–water partition coefficient (Wildman–Crippen LogP) is 4.22. The first kappa shape index (κ1) is 17.8. The van der Waals surface area contributed by atoms with E-state index < -0.39 is 0 Å². The monoisotopic (exact) mass is 361 g/mol. The van der Waals surface area contributed by atoms with Crippen molar-refractivity contribution in [3.63, 3.8) is 0 Å². The molecule has 4 rings (SSSR count). The van der Waals surface area contributed by atoms with Gasteiger partial charge in [0.2, 0.25) is 5.91 Å². The number of fused-ring (bicyclic) bond motifs is 1. The molecule has 1 aliphatic rings. The molecule has 140 valence electrons. The highest BCUT2D eigenvalue weighted by molar-refractivity contribution is 5.82. The number of likely N-dealkylation sites (tertiary alicyclic amines) is 1. The molecule has 0 atom stereocenters. The summed E-state index contributed by atoms with van der Waals surface area (Å²) in [5.74, 6) is 0.944. The Balaban J connectivity index is 1.29. The highest BCUT2D eigenvalue weighted by Gasteiger charge is 2.23. The molecular formula is C23H27N3O. The number of piperidine rings is 1. The Bertz CT molecular complexity index is 908. The minimum atomic E-state index is 0.255. The third kappa shape index (κ3) is 4.05. The molecule has 1 amide bonds. The van der Waals surface area contributed by atoms with Gasteiger partial charge in [0.05, 0.1) is 18.3 Å². The lowest BCUT2D eigenvalue weighted by atomic mass is 9.90. The van der Waals surface area contributed by atoms with Crippen LogP contribution in [0.4, 0.5) is 0 Å². The van der Waals surface area contributed by atoms with E-state index >= 15 is 0 Å². The van der Waals surface area contributed by atoms with E-state index in [0.29, 0.717) is 18.9 Å². The summed E-state index contributed by atoms with van der Waals surface area (Å²) in [5.41, 5.74) is 3.76. The summed E-state index contributed by atoms with van der Waals surface area (Å²) in [6.07, 6.45) is 5.74. The van der Waals surface area contributed by atoms with Crippen molar-refractivity contribution >= 4 is 16.8 Å². The second kappa shape index (κ2) is 7.95. The maximum atomic E-state index is 12.7. The van der Waals surface area contributed by atoms with Gasteiger partial charge in [0.1, 0.15) is 0 Å². The lowest BCUT2D eigenvalue weighted by Gasteiger charge is -2.32. The third-order valence-electron chi connectivity index (χ3n) is 5.74. The van der Waals surface area contributed by atoms with Gasteiger partial charge in [-0.2, -0.15) is 5.10 Å². The number of rotatable bonds is 5. The summed E-state index contributed by atoms with van der Waals surface area (Å²) in [6.45, 7) is 4.52. The average Bonchev–Trinajstić information content (AvgIpc) is 3.12. The number of amides is 1. The molecule has 0 N–H and O–H groups in total. The van der Waals surface area contributed by atoms with Crippen LogP contribution in [-0.2, 0) is 17.8 Å². The van der Waals surface area contributed by atoms with E-state index in [9.17, 15) is 4.79 Å². The first-order valence-corrected chi connectivity index (χ1v) is 9.93. The van der Waals surface area contributed by atoms with E-state index in [4.69, 9.17) is 0 Å². The standard InChI is InChI=1S/C23H27N3O/c1-18-6-5-9-21-17-24-26(23(18)21)15-12-22(27)25-13-10-20(11-14-25)16-19-7-3-2-4-8-19/h2-9,17,20H,10-16H2,1H3. The molecule has 3 aromatic rings. The van der Waals surface area contributed by atoms with Gasteiger partial charge in [-0.25, -0.2) is 0 Å². The summed E-state index contributed by atoms with van der Waals surface area (Å²) in [5, 5.41) is 5.62. The van der Waals surface area contributed by atoms with Crippen molar-refractivity contribution in [1.29, 1.82) is 0 Å². The molecule has 1 fully saturated rings. The van der Waals surface area contributed by atoms with Crippen molar-refractivity contribution in [3.8, 4) is 0 Å². The maximum absolute atomic E-state index is 12.7. The van der Waals surface area contributed by atoms with Gasteiger partial charge in [-0.15, -0.1) is 0 Å². The molecule has 2 aromatic carbocycles. The third-order valence-corrected chi connectivity index (χ3v) is 5.74. The summed E-state index contributed by atoms with van der Waals surface area (Å²) in [7, 11) is 0. The molecule has 0 spiro atoms. The van der Waals surface area contributed by atoms with Crippen molar-refractivity contribution in [2.75, 3.05) is 13.1 Å². The molecule has 0 bridgehead atoms. The van der Waals surface area contributed by atoms with E-state index in [1.807, 2.05) is 15.8 Å². The van der Waals surface area contributed by atoms with Crippen LogP contribution in [0.3, 0.4) is 0 Å². The molecule has 1 aromatic heterocycles. The number of hydrogen-bond donors (Lipinski definition) is 0. The Morgan fingerprint density at radius 3 is 2.63 bits per heavy atom. The van der Waals surface area contributed by atoms with Crippen LogP contribution in [0.1, 0.15) is 30.4 Å². The molecule has 1 aliphatic heterocycles. The Labute approximate surface area is 160 Å². The van der Waals surface area contributed by atoms with Crippen LogP contribution >= 0.6 is 0 Å². The molecule has 0 unspecified atom stereocenters. The van der Waals surface area contributed by atoms with Crippen LogP contribution in [0.5, 0.6) is 0 Å². The molecule has 27 heavy (non-hydrogen) atoms. The molecule has 2 heterocycles. The fourth-order valence-corrected chi connectivity index (χ4v) is 4.19. The Morgan fingerprint density at radius 2 is 1.85 bits per heavy atom. The fourth-order valence-electron chi connectivity index (χ4n) is 4.19. The van der Waals surface area contributed by atoms with E-state index in [-0.39, 0.29) is 5.91 Å². The second-order valence-corrected chi connectivity index (χ2v) is 7.64. The normalized spacial score (nSPS) is 15.4. The van der Waals surface area contributed by atoms with Crippen molar-refractivity contribution in [2.45, 2.75) is 39.2 Å². The highest BCUT2D eigenvalue weighted by atomic mass is 16.2. The van der Waals surface area contributed by atoms with Crippen molar-refractivity contribution in [3.05, 3.63) is 65.9 Å². The van der Waals surface area contributed by atoms with Gasteiger partial charge >= 0.3 is 0 Å². The first-order valence-electron chi connectivity index (χ1n) is 9.93. The van der Waals surface area contributed by atoms with Crippen LogP contribution < -0.4 is 0 Å². The van der Waals surface area contributed by atoms with Crippen molar-refractivity contribution in [1.82, 2.24) is 14.7 Å². The van der Waals surface area contributed by atoms with Crippen LogP contribution in [0.2, 0.25) is 0 Å². The van der Waals surface area contributed by atoms with Gasteiger partial charge < -0.3 is 4.90 Å². The smallest absolute Gasteiger partial charge is 0.224 e. The largest absolute Gasteiger partial charge is 0.343 e. The van der Waals surface area contributed by atoms with E-state index in [0.717, 1.165) is 43.3 Å². The summed E-state index contributed by atoms with van der Waals surface area (Å²) in [6, 6.07) is 16.9. The van der Waals surface area contributed by atoms with Crippen molar-refractivity contribution in [2.24, 2.45) is 5.92 Å². The van der Waals surface area contributed by atoms with Gasteiger partial charge in [0.25, 0.3) is 0 Å². The lowest BCUT2D eigenvalue weighted by molar-refractivity contribution is -0.132. The number of para-hydroxylation sites is 1. The van der Waals surface area contributed by atoms with E-state index in [2.05, 4.69) is 60.6 Å². The zero-order valence-corrected chi connectivity index (χ0v) is 16.0. The predicted molar refractivity (Wildman–Crippen MR) is 109 cm³/mol. The molecule has 0 aliphatic carbocycles. The second-order valence-electron chi connectivity index (χ2n) is 7.64. The average molecular weight is 361 g/mol. The number of carbonyl (C=O) groups is 1. The number of aromatic nitrogens is 2. The van der Waals surface area contributed by atoms with Crippen LogP contribution in [0, 0.1) is 12.8 Å².